The van der Waals surface area contributed by atoms with E-state index < -0.39 is 12.6 Å². The van der Waals surface area contributed by atoms with E-state index in [9.17, 15) is 13.2 Å². The zero-order chi connectivity index (χ0) is 14.2. The van der Waals surface area contributed by atoms with Crippen molar-refractivity contribution in [2.75, 3.05) is 13.1 Å². The number of fused-ring (bicyclic) bond motifs is 1. The van der Waals surface area contributed by atoms with E-state index in [1.165, 1.54) is 6.33 Å². The zero-order valence-electron chi connectivity index (χ0n) is 10.6. The number of hydrogen-bond donors (Lipinski definition) is 2. The summed E-state index contributed by atoms with van der Waals surface area (Å²) < 4.78 is 37.3. The van der Waals surface area contributed by atoms with Gasteiger partial charge in [0.1, 0.15) is 0 Å². The lowest BCUT2D eigenvalue weighted by molar-refractivity contribution is -0.139. The van der Waals surface area contributed by atoms with Gasteiger partial charge in [0.15, 0.2) is 0 Å². The van der Waals surface area contributed by atoms with Gasteiger partial charge in [0.05, 0.1) is 36.5 Å². The largest absolute Gasteiger partial charge is 0.390 e. The fourth-order valence-corrected chi connectivity index (χ4v) is 2.60. The van der Waals surface area contributed by atoms with Crippen LogP contribution in [0.4, 0.5) is 13.2 Å². The third-order valence-corrected chi connectivity index (χ3v) is 3.52. The average molecular weight is 285 g/mol. The molecule has 0 fully saturated rings. The van der Waals surface area contributed by atoms with E-state index in [4.69, 9.17) is 0 Å². The number of aromatic amines is 2. The number of halogens is 3. The van der Waals surface area contributed by atoms with Crippen molar-refractivity contribution in [2.24, 2.45) is 0 Å². The molecule has 3 rings (SSSR count). The van der Waals surface area contributed by atoms with Crippen molar-refractivity contribution in [3.05, 3.63) is 35.9 Å². The van der Waals surface area contributed by atoms with Crippen LogP contribution in [-0.2, 0) is 6.42 Å². The van der Waals surface area contributed by atoms with E-state index in [1.54, 1.807) is 17.4 Å². The van der Waals surface area contributed by atoms with Crippen LogP contribution >= 0.6 is 0 Å². The van der Waals surface area contributed by atoms with Gasteiger partial charge in [-0.2, -0.15) is 13.2 Å². The fourth-order valence-electron chi connectivity index (χ4n) is 2.60. The molecule has 8 heteroatoms. The van der Waals surface area contributed by atoms with E-state index in [0.29, 0.717) is 13.0 Å². The van der Waals surface area contributed by atoms with Crippen LogP contribution in [0.5, 0.6) is 0 Å². The molecule has 1 aliphatic rings. The minimum atomic E-state index is -4.15. The number of H-pyrrole nitrogens is 2. The first-order valence-corrected chi connectivity index (χ1v) is 6.36. The second kappa shape index (κ2) is 4.93. The molecule has 2 aromatic rings. The van der Waals surface area contributed by atoms with Crippen molar-refractivity contribution in [2.45, 2.75) is 25.1 Å². The van der Waals surface area contributed by atoms with Gasteiger partial charge in [0.2, 0.25) is 0 Å². The molecule has 0 spiro atoms. The number of alkyl halides is 3. The standard InChI is InChI=1S/C12H14F3N5/c13-12(14,15)2-4-20-3-1-8-10(19-7-18-8)11(20)9-5-16-6-17-9/h5-7,11H,1-4H2,(H,16,17)(H,18,19). The topological polar surface area (TPSA) is 60.6 Å². The lowest BCUT2D eigenvalue weighted by Crippen LogP contribution is -2.38. The molecule has 2 aromatic heterocycles. The number of rotatable bonds is 3. The zero-order valence-corrected chi connectivity index (χ0v) is 10.6. The fraction of sp³-hybridized carbons (Fsp3) is 0.500. The van der Waals surface area contributed by atoms with Crippen LogP contribution in [0.1, 0.15) is 29.5 Å². The van der Waals surface area contributed by atoms with Crippen molar-refractivity contribution in [1.82, 2.24) is 24.8 Å². The Bertz CT molecular complexity index is 560. The van der Waals surface area contributed by atoms with Gasteiger partial charge in [-0.1, -0.05) is 0 Å². The molecule has 3 heterocycles. The first-order chi connectivity index (χ1) is 9.54. The van der Waals surface area contributed by atoms with E-state index in [2.05, 4.69) is 19.9 Å². The van der Waals surface area contributed by atoms with Crippen LogP contribution in [-0.4, -0.2) is 44.1 Å². The molecule has 0 saturated carbocycles. The van der Waals surface area contributed by atoms with Gasteiger partial charge in [-0.15, -0.1) is 0 Å². The van der Waals surface area contributed by atoms with E-state index >= 15 is 0 Å². The Balaban J connectivity index is 1.86. The predicted molar refractivity (Wildman–Crippen MR) is 65.0 cm³/mol. The van der Waals surface area contributed by atoms with Crippen molar-refractivity contribution < 1.29 is 13.2 Å². The number of nitrogens with one attached hydrogen (secondary N) is 2. The molecule has 1 atom stereocenters. The van der Waals surface area contributed by atoms with Crippen molar-refractivity contribution in [3.8, 4) is 0 Å². The average Bonchev–Trinajstić information content (AvgIpc) is 3.05. The van der Waals surface area contributed by atoms with Crippen LogP contribution in [0.15, 0.2) is 18.9 Å². The summed E-state index contributed by atoms with van der Waals surface area (Å²) in [5, 5.41) is 0. The van der Waals surface area contributed by atoms with Gasteiger partial charge in [0.25, 0.3) is 0 Å². The Kier molecular flexibility index (Phi) is 3.25. The second-order valence-electron chi connectivity index (χ2n) is 4.83. The van der Waals surface area contributed by atoms with Crippen LogP contribution in [0, 0.1) is 0 Å². The molecular weight excluding hydrogens is 271 g/mol. The summed E-state index contributed by atoms with van der Waals surface area (Å²) in [7, 11) is 0. The number of imidazole rings is 2. The Morgan fingerprint density at radius 3 is 2.85 bits per heavy atom. The molecule has 5 nitrogen and oxygen atoms in total. The van der Waals surface area contributed by atoms with Crippen molar-refractivity contribution in [1.29, 1.82) is 0 Å². The molecule has 1 unspecified atom stereocenters. The molecular formula is C12H14F3N5. The van der Waals surface area contributed by atoms with E-state index in [-0.39, 0.29) is 12.6 Å². The Labute approximate surface area is 113 Å². The Hall–Kier alpha value is -1.83. The summed E-state index contributed by atoms with van der Waals surface area (Å²) in [4.78, 5) is 16.0. The molecule has 0 bridgehead atoms. The summed E-state index contributed by atoms with van der Waals surface area (Å²) in [5.41, 5.74) is 2.52. The van der Waals surface area contributed by atoms with Crippen LogP contribution < -0.4 is 0 Å². The van der Waals surface area contributed by atoms with Gasteiger partial charge in [-0.25, -0.2) is 9.97 Å². The predicted octanol–water partition coefficient (Wildman–Crippen LogP) is 2.03. The summed E-state index contributed by atoms with van der Waals surface area (Å²) in [5.74, 6) is 0. The van der Waals surface area contributed by atoms with Gasteiger partial charge in [-0.3, -0.25) is 4.90 Å². The third-order valence-electron chi connectivity index (χ3n) is 3.52. The highest BCUT2D eigenvalue weighted by Gasteiger charge is 2.35. The maximum absolute atomic E-state index is 12.4. The molecule has 1 aliphatic heterocycles. The van der Waals surface area contributed by atoms with Crippen LogP contribution in [0.2, 0.25) is 0 Å². The summed E-state index contributed by atoms with van der Waals surface area (Å²) in [6.07, 6.45) is 0.453. The van der Waals surface area contributed by atoms with Crippen molar-refractivity contribution >= 4 is 0 Å². The van der Waals surface area contributed by atoms with E-state index in [1.807, 2.05) is 0 Å². The van der Waals surface area contributed by atoms with E-state index in [0.717, 1.165) is 17.1 Å². The smallest absolute Gasteiger partial charge is 0.348 e. The number of nitrogens with zero attached hydrogens (tertiary/aromatic N) is 3. The molecule has 20 heavy (non-hydrogen) atoms. The molecule has 0 aliphatic carbocycles. The minimum absolute atomic E-state index is 0.0422. The monoisotopic (exact) mass is 285 g/mol. The molecule has 2 N–H and O–H groups in total. The van der Waals surface area contributed by atoms with Gasteiger partial charge in [0, 0.05) is 31.4 Å². The number of hydrogen-bond acceptors (Lipinski definition) is 3. The highest BCUT2D eigenvalue weighted by molar-refractivity contribution is 5.27. The molecule has 0 radical (unpaired) electrons. The summed E-state index contributed by atoms with van der Waals surface area (Å²) in [6.45, 7) is 0.522. The lowest BCUT2D eigenvalue weighted by atomic mass is 10.00. The molecule has 0 aromatic carbocycles. The SMILES string of the molecule is FC(F)(F)CCN1CCc2[nH]cnc2C1c1cnc[nH]1. The van der Waals surface area contributed by atoms with Crippen molar-refractivity contribution in [3.63, 3.8) is 0 Å². The first-order valence-electron chi connectivity index (χ1n) is 6.36. The summed E-state index contributed by atoms with van der Waals surface area (Å²) >= 11 is 0. The maximum Gasteiger partial charge on any atom is 0.390 e. The highest BCUT2D eigenvalue weighted by atomic mass is 19.4. The third kappa shape index (κ3) is 2.55. The van der Waals surface area contributed by atoms with Gasteiger partial charge in [-0.05, 0) is 0 Å². The molecule has 0 saturated heterocycles. The quantitative estimate of drug-likeness (QED) is 0.907. The van der Waals surface area contributed by atoms with Gasteiger partial charge >= 0.3 is 6.18 Å². The molecule has 108 valence electrons. The Morgan fingerprint density at radius 1 is 1.30 bits per heavy atom. The highest BCUT2D eigenvalue weighted by Crippen LogP contribution is 2.33. The lowest BCUT2D eigenvalue weighted by Gasteiger charge is -2.34. The first kappa shape index (κ1) is 13.2. The molecule has 0 amide bonds. The second-order valence-corrected chi connectivity index (χ2v) is 4.83. The minimum Gasteiger partial charge on any atom is -0.348 e. The van der Waals surface area contributed by atoms with Crippen LogP contribution in [0.3, 0.4) is 0 Å². The maximum atomic E-state index is 12.4. The van der Waals surface area contributed by atoms with Crippen LogP contribution in [0.25, 0.3) is 0 Å². The van der Waals surface area contributed by atoms with Gasteiger partial charge < -0.3 is 9.97 Å². The summed E-state index contributed by atoms with van der Waals surface area (Å²) in [6, 6.07) is -0.296. The normalized spacial score (nSPS) is 20.1. The number of aromatic nitrogens is 4. The Morgan fingerprint density at radius 2 is 2.15 bits per heavy atom.